The van der Waals surface area contributed by atoms with Gasteiger partial charge in [0.15, 0.2) is 9.84 Å². The molecule has 0 aromatic carbocycles. The van der Waals surface area contributed by atoms with Gasteiger partial charge in [-0.25, -0.2) is 13.2 Å². The van der Waals surface area contributed by atoms with Crippen molar-refractivity contribution in [1.82, 2.24) is 10.6 Å². The van der Waals surface area contributed by atoms with Crippen LogP contribution >= 0.6 is 0 Å². The van der Waals surface area contributed by atoms with E-state index in [0.717, 1.165) is 19.3 Å². The smallest absolute Gasteiger partial charge is 0.408 e. The van der Waals surface area contributed by atoms with Gasteiger partial charge in [-0.05, 0) is 46.5 Å². The van der Waals surface area contributed by atoms with E-state index in [1.807, 2.05) is 34.6 Å². The Hall–Kier alpha value is -0.820. The summed E-state index contributed by atoms with van der Waals surface area (Å²) in [5.41, 5.74) is -0.967. The normalized spacial score (nSPS) is 21.7. The van der Waals surface area contributed by atoms with Crippen molar-refractivity contribution >= 4 is 15.9 Å². The largest absolute Gasteiger partial charge is 0.444 e. The molecule has 2 N–H and O–H groups in total. The number of carbonyl (C=O) groups excluding carboxylic acids is 1. The van der Waals surface area contributed by atoms with Crippen molar-refractivity contribution < 1.29 is 17.9 Å². The first-order valence-electron chi connectivity index (χ1n) is 8.46. The third kappa shape index (κ3) is 7.08. The summed E-state index contributed by atoms with van der Waals surface area (Å²) in [6, 6.07) is -0.0355. The average molecular weight is 349 g/mol. The first-order chi connectivity index (χ1) is 10.5. The zero-order valence-electron chi connectivity index (χ0n) is 15.1. The van der Waals surface area contributed by atoms with Crippen molar-refractivity contribution in [3.8, 4) is 0 Å². The average Bonchev–Trinajstić information content (AvgIpc) is 2.40. The van der Waals surface area contributed by atoms with Crippen LogP contribution in [-0.4, -0.2) is 49.7 Å². The van der Waals surface area contributed by atoms with E-state index in [2.05, 4.69) is 10.6 Å². The van der Waals surface area contributed by atoms with Crippen LogP contribution in [0, 0.1) is 0 Å². The topological polar surface area (TPSA) is 84.5 Å². The Morgan fingerprint density at radius 3 is 2.30 bits per heavy atom. The summed E-state index contributed by atoms with van der Waals surface area (Å²) in [4.78, 5) is 12.1. The van der Waals surface area contributed by atoms with Crippen LogP contribution in [0.1, 0.15) is 60.3 Å². The number of amides is 1. The lowest BCUT2D eigenvalue weighted by atomic mass is 9.92. The summed E-state index contributed by atoms with van der Waals surface area (Å²) < 4.78 is 28.8. The van der Waals surface area contributed by atoms with Gasteiger partial charge in [0.25, 0.3) is 0 Å². The van der Waals surface area contributed by atoms with Gasteiger partial charge in [-0.3, -0.25) is 0 Å². The zero-order valence-corrected chi connectivity index (χ0v) is 15.9. The molecular formula is C16H32N2O4S. The number of rotatable bonds is 6. The summed E-state index contributed by atoms with van der Waals surface area (Å²) in [6.07, 6.45) is 2.61. The maximum absolute atomic E-state index is 12.1. The van der Waals surface area contributed by atoms with Crippen molar-refractivity contribution in [1.29, 1.82) is 0 Å². The molecule has 136 valence electrons. The van der Waals surface area contributed by atoms with Crippen LogP contribution in [0.2, 0.25) is 0 Å². The molecule has 0 spiro atoms. The van der Waals surface area contributed by atoms with Crippen LogP contribution in [-0.2, 0) is 14.6 Å². The first-order valence-corrected chi connectivity index (χ1v) is 10.3. The molecule has 1 heterocycles. The van der Waals surface area contributed by atoms with Crippen LogP contribution in [0.4, 0.5) is 4.79 Å². The van der Waals surface area contributed by atoms with Crippen LogP contribution in [0.15, 0.2) is 0 Å². The molecule has 7 heteroatoms. The molecule has 23 heavy (non-hydrogen) atoms. The van der Waals surface area contributed by atoms with E-state index in [9.17, 15) is 13.2 Å². The SMILES string of the molecule is CCC(CC)(CNC1CCCS(=O)(=O)C1)NC(=O)OC(C)(C)C. The van der Waals surface area contributed by atoms with Crippen molar-refractivity contribution in [2.75, 3.05) is 18.1 Å². The minimum absolute atomic E-state index is 0.0355. The van der Waals surface area contributed by atoms with E-state index in [-0.39, 0.29) is 17.5 Å². The molecular weight excluding hydrogens is 316 g/mol. The molecule has 0 aliphatic carbocycles. The van der Waals surface area contributed by atoms with Crippen molar-refractivity contribution in [2.45, 2.75) is 77.5 Å². The fourth-order valence-electron chi connectivity index (χ4n) is 2.76. The minimum Gasteiger partial charge on any atom is -0.444 e. The van der Waals surface area contributed by atoms with Gasteiger partial charge < -0.3 is 15.4 Å². The first kappa shape index (κ1) is 20.2. The summed E-state index contributed by atoms with van der Waals surface area (Å²) >= 11 is 0. The number of hydrogen-bond donors (Lipinski definition) is 2. The molecule has 6 nitrogen and oxygen atoms in total. The molecule has 1 amide bonds. The van der Waals surface area contributed by atoms with E-state index in [4.69, 9.17) is 4.74 Å². The Labute approximate surface area is 140 Å². The third-order valence-electron chi connectivity index (χ3n) is 4.31. The lowest BCUT2D eigenvalue weighted by molar-refractivity contribution is 0.0444. The van der Waals surface area contributed by atoms with E-state index in [1.165, 1.54) is 0 Å². The van der Waals surface area contributed by atoms with Crippen LogP contribution in [0.5, 0.6) is 0 Å². The maximum atomic E-state index is 12.1. The fourth-order valence-corrected chi connectivity index (χ4v) is 4.44. The molecule has 1 fully saturated rings. The highest BCUT2D eigenvalue weighted by Gasteiger charge is 2.32. The van der Waals surface area contributed by atoms with Crippen LogP contribution in [0.25, 0.3) is 0 Å². The predicted octanol–water partition coefficient (Wildman–Crippen LogP) is 2.24. The van der Waals surface area contributed by atoms with Gasteiger partial charge in [-0.15, -0.1) is 0 Å². The molecule has 0 bridgehead atoms. The predicted molar refractivity (Wildman–Crippen MR) is 92.4 cm³/mol. The quantitative estimate of drug-likeness (QED) is 0.769. The second kappa shape index (κ2) is 7.83. The van der Waals surface area contributed by atoms with Crippen molar-refractivity contribution in [3.05, 3.63) is 0 Å². The number of sulfone groups is 1. The number of nitrogens with one attached hydrogen (secondary N) is 2. The van der Waals surface area contributed by atoms with Crippen LogP contribution < -0.4 is 10.6 Å². The number of ether oxygens (including phenoxy) is 1. The Kier molecular flexibility index (Phi) is 6.89. The molecule has 1 saturated heterocycles. The summed E-state index contributed by atoms with van der Waals surface area (Å²) in [5.74, 6) is 0.469. The van der Waals surface area contributed by atoms with E-state index < -0.39 is 27.1 Å². The second-order valence-electron chi connectivity index (χ2n) is 7.45. The third-order valence-corrected chi connectivity index (χ3v) is 6.13. The monoisotopic (exact) mass is 348 g/mol. The van der Waals surface area contributed by atoms with Gasteiger partial charge in [-0.2, -0.15) is 0 Å². The van der Waals surface area contributed by atoms with Gasteiger partial charge >= 0.3 is 6.09 Å². The molecule has 1 aliphatic heterocycles. The zero-order chi connectivity index (χ0) is 17.7. The minimum atomic E-state index is -2.93. The molecule has 1 unspecified atom stereocenters. The highest BCUT2D eigenvalue weighted by atomic mass is 32.2. The van der Waals surface area contributed by atoms with Crippen LogP contribution in [0.3, 0.4) is 0 Å². The van der Waals surface area contributed by atoms with Gasteiger partial charge in [0, 0.05) is 12.6 Å². The summed E-state index contributed by atoms with van der Waals surface area (Å²) in [5, 5.41) is 6.31. The Balaban J connectivity index is 2.64. The van der Waals surface area contributed by atoms with Gasteiger partial charge in [0.1, 0.15) is 5.60 Å². The number of alkyl carbamates (subject to hydrolysis) is 1. The van der Waals surface area contributed by atoms with E-state index in [1.54, 1.807) is 0 Å². The van der Waals surface area contributed by atoms with Gasteiger partial charge in [0.2, 0.25) is 0 Å². The highest BCUT2D eigenvalue weighted by Crippen LogP contribution is 2.18. The fraction of sp³-hybridized carbons (Fsp3) is 0.938. The second-order valence-corrected chi connectivity index (χ2v) is 9.68. The maximum Gasteiger partial charge on any atom is 0.408 e. The van der Waals surface area contributed by atoms with Gasteiger partial charge in [-0.1, -0.05) is 13.8 Å². The lowest BCUT2D eigenvalue weighted by Crippen LogP contribution is -2.57. The number of carbonyl (C=O) groups is 1. The molecule has 0 aromatic rings. The van der Waals surface area contributed by atoms with Gasteiger partial charge in [0.05, 0.1) is 17.0 Å². The Morgan fingerprint density at radius 1 is 1.22 bits per heavy atom. The molecule has 0 aromatic heterocycles. The standard InChI is InChI=1S/C16H32N2O4S/c1-6-16(7-2,18-14(19)22-15(3,4)5)12-17-13-9-8-10-23(20,21)11-13/h13,17H,6-12H2,1-5H3,(H,18,19). The number of hydrogen-bond acceptors (Lipinski definition) is 5. The molecule has 0 saturated carbocycles. The van der Waals surface area contributed by atoms with Crippen molar-refractivity contribution in [3.63, 3.8) is 0 Å². The molecule has 1 rings (SSSR count). The summed E-state index contributed by atoms with van der Waals surface area (Å²) in [6.45, 7) is 10.1. The van der Waals surface area contributed by atoms with E-state index in [0.29, 0.717) is 13.0 Å². The van der Waals surface area contributed by atoms with E-state index >= 15 is 0 Å². The van der Waals surface area contributed by atoms with Crippen molar-refractivity contribution in [2.24, 2.45) is 0 Å². The molecule has 1 aliphatic rings. The highest BCUT2D eigenvalue weighted by molar-refractivity contribution is 7.91. The Morgan fingerprint density at radius 2 is 1.83 bits per heavy atom. The Bertz CT molecular complexity index is 493. The summed E-state index contributed by atoms with van der Waals surface area (Å²) in [7, 11) is -2.93. The molecule has 0 radical (unpaired) electrons. The lowest BCUT2D eigenvalue weighted by Gasteiger charge is -2.36. The molecule has 1 atom stereocenters.